The van der Waals surface area contributed by atoms with Crippen molar-refractivity contribution in [3.63, 3.8) is 0 Å². The number of amides is 1. The second-order valence-electron chi connectivity index (χ2n) is 12.6. The maximum absolute atomic E-state index is 13.1. The molecular formula is C32H61NO4. The quantitative estimate of drug-likeness (QED) is 0.125. The minimum atomic E-state index is -0.594. The zero-order chi connectivity index (χ0) is 27.6. The summed E-state index contributed by atoms with van der Waals surface area (Å²) in [5.74, 6) is 1.40. The molecule has 0 aliphatic heterocycles. The molecule has 1 aliphatic carbocycles. The van der Waals surface area contributed by atoms with Crippen molar-refractivity contribution in [1.82, 2.24) is 4.90 Å². The van der Waals surface area contributed by atoms with Crippen LogP contribution in [0.5, 0.6) is 0 Å². The van der Waals surface area contributed by atoms with Gasteiger partial charge in [-0.05, 0) is 49.4 Å². The summed E-state index contributed by atoms with van der Waals surface area (Å²) < 4.78 is 11.7. The van der Waals surface area contributed by atoms with Crippen LogP contribution in [0, 0.1) is 23.7 Å². The fraction of sp³-hybridized carbons (Fsp3) is 0.938. The summed E-state index contributed by atoms with van der Waals surface area (Å²) in [6.07, 6.45) is 18.6. The fourth-order valence-electron chi connectivity index (χ4n) is 5.66. The van der Waals surface area contributed by atoms with E-state index in [4.69, 9.17) is 9.47 Å². The number of esters is 1. The van der Waals surface area contributed by atoms with Crippen LogP contribution >= 0.6 is 0 Å². The Hall–Kier alpha value is -1.26. The van der Waals surface area contributed by atoms with E-state index >= 15 is 0 Å². The normalized spacial score (nSPS) is 20.7. The van der Waals surface area contributed by atoms with E-state index in [0.29, 0.717) is 30.8 Å². The Labute approximate surface area is 229 Å². The van der Waals surface area contributed by atoms with Crippen molar-refractivity contribution >= 4 is 12.1 Å². The van der Waals surface area contributed by atoms with Gasteiger partial charge in [0.15, 0.2) is 0 Å². The van der Waals surface area contributed by atoms with E-state index in [1.807, 2.05) is 0 Å². The highest BCUT2D eigenvalue weighted by atomic mass is 16.6. The van der Waals surface area contributed by atoms with Crippen LogP contribution in [0.15, 0.2) is 0 Å². The molecule has 37 heavy (non-hydrogen) atoms. The zero-order valence-electron chi connectivity index (χ0n) is 25.6. The smallest absolute Gasteiger partial charge is 0.410 e. The van der Waals surface area contributed by atoms with Crippen molar-refractivity contribution in [3.8, 4) is 0 Å². The maximum Gasteiger partial charge on any atom is 0.410 e. The van der Waals surface area contributed by atoms with Crippen LogP contribution in [0.3, 0.4) is 0 Å². The van der Waals surface area contributed by atoms with E-state index in [1.165, 1.54) is 75.5 Å². The molecule has 1 fully saturated rings. The molecule has 0 saturated heterocycles. The molecule has 1 amide bonds. The van der Waals surface area contributed by atoms with Crippen LogP contribution in [0.2, 0.25) is 0 Å². The number of hydrogen-bond acceptors (Lipinski definition) is 4. The molecule has 0 heterocycles. The van der Waals surface area contributed by atoms with Gasteiger partial charge in [0.05, 0.1) is 6.61 Å². The van der Waals surface area contributed by atoms with Gasteiger partial charge in [0.25, 0.3) is 0 Å². The van der Waals surface area contributed by atoms with E-state index in [2.05, 4.69) is 41.5 Å². The highest BCUT2D eigenvalue weighted by Crippen LogP contribution is 2.35. The molecule has 5 heteroatoms. The second kappa shape index (κ2) is 19.8. The summed E-state index contributed by atoms with van der Waals surface area (Å²) in [7, 11) is 1.69. The molecule has 1 aliphatic rings. The molecule has 0 radical (unpaired) electrons. The van der Waals surface area contributed by atoms with E-state index in [1.54, 1.807) is 7.05 Å². The predicted octanol–water partition coefficient (Wildman–Crippen LogP) is 9.17. The average molecular weight is 524 g/mol. The first-order chi connectivity index (χ1) is 17.7. The minimum Gasteiger partial charge on any atom is -0.464 e. The van der Waals surface area contributed by atoms with Crippen LogP contribution in [0.1, 0.15) is 144 Å². The van der Waals surface area contributed by atoms with E-state index in [9.17, 15) is 9.59 Å². The van der Waals surface area contributed by atoms with Crippen molar-refractivity contribution in [3.05, 3.63) is 0 Å². The summed E-state index contributed by atoms with van der Waals surface area (Å²) in [5.41, 5.74) is 0. The van der Waals surface area contributed by atoms with Crippen molar-refractivity contribution in [2.45, 2.75) is 156 Å². The molecule has 0 bridgehead atoms. The van der Waals surface area contributed by atoms with Gasteiger partial charge >= 0.3 is 12.1 Å². The number of hydrogen-bond donors (Lipinski definition) is 0. The topological polar surface area (TPSA) is 55.8 Å². The molecule has 4 atom stereocenters. The molecule has 5 nitrogen and oxygen atoms in total. The Morgan fingerprint density at radius 2 is 1.38 bits per heavy atom. The Balaban J connectivity index is 2.37. The van der Waals surface area contributed by atoms with Gasteiger partial charge in [0.2, 0.25) is 0 Å². The number of unbranched alkanes of at least 4 members (excludes halogenated alkanes) is 11. The standard InChI is InChI=1S/C32H61NO4/c1-8-9-10-11-12-13-14-15-16-17-18-19-22-36-31(34)29(23-25(2)3)33(7)32(35)37-30-24-27(6)20-21-28(30)26(4)5/h25-30H,8-24H2,1-7H3. The number of likely N-dealkylation sites (N-methyl/N-ethyl adjacent to an activating group) is 1. The Morgan fingerprint density at radius 3 is 1.89 bits per heavy atom. The lowest BCUT2D eigenvalue weighted by Gasteiger charge is -2.38. The van der Waals surface area contributed by atoms with Gasteiger partial charge in [-0.2, -0.15) is 0 Å². The van der Waals surface area contributed by atoms with Crippen LogP contribution in [-0.2, 0) is 14.3 Å². The van der Waals surface area contributed by atoms with E-state index in [-0.39, 0.29) is 18.0 Å². The van der Waals surface area contributed by atoms with Crippen molar-refractivity contribution in [2.75, 3.05) is 13.7 Å². The molecule has 0 aromatic heterocycles. The van der Waals surface area contributed by atoms with Gasteiger partial charge in [0.1, 0.15) is 12.1 Å². The molecular weight excluding hydrogens is 462 g/mol. The van der Waals surface area contributed by atoms with Crippen molar-refractivity contribution in [1.29, 1.82) is 0 Å². The van der Waals surface area contributed by atoms with E-state index in [0.717, 1.165) is 25.7 Å². The first-order valence-electron chi connectivity index (χ1n) is 15.8. The first-order valence-corrected chi connectivity index (χ1v) is 15.8. The first kappa shape index (κ1) is 33.8. The Bertz CT molecular complexity index is 606. The van der Waals surface area contributed by atoms with E-state index < -0.39 is 12.1 Å². The Morgan fingerprint density at radius 1 is 0.838 bits per heavy atom. The average Bonchev–Trinajstić information content (AvgIpc) is 2.84. The van der Waals surface area contributed by atoms with Gasteiger partial charge < -0.3 is 9.47 Å². The highest BCUT2D eigenvalue weighted by molar-refractivity contribution is 5.81. The summed E-state index contributed by atoms with van der Waals surface area (Å²) in [6, 6.07) is -0.594. The number of carbonyl (C=O) groups is 2. The highest BCUT2D eigenvalue weighted by Gasteiger charge is 2.36. The molecule has 0 aromatic carbocycles. The number of rotatable bonds is 19. The van der Waals surface area contributed by atoms with Crippen molar-refractivity contribution in [2.24, 2.45) is 23.7 Å². The van der Waals surface area contributed by atoms with Crippen LogP contribution in [0.25, 0.3) is 0 Å². The third kappa shape index (κ3) is 14.5. The summed E-state index contributed by atoms with van der Waals surface area (Å²) in [5, 5.41) is 0. The lowest BCUT2D eigenvalue weighted by molar-refractivity contribution is -0.150. The lowest BCUT2D eigenvalue weighted by atomic mass is 9.75. The second-order valence-corrected chi connectivity index (χ2v) is 12.6. The SMILES string of the molecule is CCCCCCCCCCCCCCOC(=O)C(CC(C)C)N(C)C(=O)OC1CC(C)CCC1C(C)C. The van der Waals surface area contributed by atoms with Gasteiger partial charge in [0, 0.05) is 7.05 Å². The van der Waals surface area contributed by atoms with Gasteiger partial charge in [-0.15, -0.1) is 0 Å². The molecule has 4 unspecified atom stereocenters. The predicted molar refractivity (Wildman–Crippen MR) is 155 cm³/mol. The van der Waals surface area contributed by atoms with Crippen LogP contribution in [-0.4, -0.2) is 42.8 Å². The molecule has 218 valence electrons. The minimum absolute atomic E-state index is 0.0736. The summed E-state index contributed by atoms with van der Waals surface area (Å²) in [4.78, 5) is 27.6. The van der Waals surface area contributed by atoms with Gasteiger partial charge in [-0.3, -0.25) is 4.90 Å². The monoisotopic (exact) mass is 523 g/mol. The third-order valence-electron chi connectivity index (χ3n) is 8.18. The summed E-state index contributed by atoms with van der Waals surface area (Å²) in [6.45, 7) is 13.5. The fourth-order valence-corrected chi connectivity index (χ4v) is 5.66. The van der Waals surface area contributed by atoms with Crippen LogP contribution in [0.4, 0.5) is 4.79 Å². The zero-order valence-corrected chi connectivity index (χ0v) is 25.6. The molecule has 0 spiro atoms. The lowest BCUT2D eigenvalue weighted by Crippen LogP contribution is -2.47. The number of ether oxygens (including phenoxy) is 2. The number of nitrogens with zero attached hydrogens (tertiary/aromatic N) is 1. The molecule has 0 N–H and O–H groups in total. The van der Waals surface area contributed by atoms with Gasteiger partial charge in [-0.1, -0.05) is 119 Å². The molecule has 0 aromatic rings. The van der Waals surface area contributed by atoms with Gasteiger partial charge in [-0.25, -0.2) is 9.59 Å². The van der Waals surface area contributed by atoms with Crippen molar-refractivity contribution < 1.29 is 19.1 Å². The molecule has 1 rings (SSSR count). The largest absolute Gasteiger partial charge is 0.464 e. The summed E-state index contributed by atoms with van der Waals surface area (Å²) >= 11 is 0. The number of carbonyl (C=O) groups excluding carboxylic acids is 2. The third-order valence-corrected chi connectivity index (χ3v) is 8.18. The Kier molecular flexibility index (Phi) is 18.0. The molecule has 1 saturated carbocycles. The maximum atomic E-state index is 13.1. The van der Waals surface area contributed by atoms with Crippen LogP contribution < -0.4 is 0 Å².